The number of hydrogen-bond acceptors (Lipinski definition) is 4. The fraction of sp³-hybridized carbons (Fsp3) is 0.933. The van der Waals surface area contributed by atoms with Crippen molar-refractivity contribution in [1.29, 1.82) is 0 Å². The highest BCUT2D eigenvalue weighted by molar-refractivity contribution is 5.76. The second kappa shape index (κ2) is 13.3. The summed E-state index contributed by atoms with van der Waals surface area (Å²) in [5.74, 6) is 0.995. The molecule has 0 spiro atoms. The first-order chi connectivity index (χ1) is 9.60. The zero-order chi connectivity index (χ0) is 15.2. The zero-order valence-electron chi connectivity index (χ0n) is 13.3. The lowest BCUT2D eigenvalue weighted by Gasteiger charge is -2.16. The molecular formula is C15H32N2O3. The molecule has 0 saturated carbocycles. The van der Waals surface area contributed by atoms with E-state index in [-0.39, 0.29) is 5.91 Å². The summed E-state index contributed by atoms with van der Waals surface area (Å²) in [4.78, 5) is 11.8. The van der Waals surface area contributed by atoms with Crippen molar-refractivity contribution in [2.75, 3.05) is 40.0 Å². The van der Waals surface area contributed by atoms with E-state index in [0.717, 1.165) is 25.9 Å². The molecule has 0 aliphatic heterocycles. The number of carbonyl (C=O) groups excluding carboxylic acids is 1. The first-order valence-corrected chi connectivity index (χ1v) is 7.63. The average Bonchev–Trinajstić information content (AvgIpc) is 2.40. The predicted molar refractivity (Wildman–Crippen MR) is 81.6 cm³/mol. The van der Waals surface area contributed by atoms with Crippen LogP contribution in [-0.4, -0.2) is 45.9 Å². The van der Waals surface area contributed by atoms with Gasteiger partial charge in [-0.2, -0.15) is 0 Å². The lowest BCUT2D eigenvalue weighted by molar-refractivity contribution is -0.122. The number of unbranched alkanes of at least 4 members (excludes halogenated alkanes) is 1. The molecule has 5 nitrogen and oxygen atoms in total. The van der Waals surface area contributed by atoms with Gasteiger partial charge in [-0.1, -0.05) is 13.8 Å². The number of nitrogens with two attached hydrogens (primary N) is 1. The van der Waals surface area contributed by atoms with Gasteiger partial charge in [-0.25, -0.2) is 0 Å². The van der Waals surface area contributed by atoms with Crippen LogP contribution in [0, 0.1) is 11.8 Å². The van der Waals surface area contributed by atoms with Crippen molar-refractivity contribution in [2.24, 2.45) is 17.6 Å². The molecule has 0 aromatic rings. The minimum atomic E-state index is 0.112. The molecule has 120 valence electrons. The van der Waals surface area contributed by atoms with E-state index < -0.39 is 0 Å². The summed E-state index contributed by atoms with van der Waals surface area (Å²) in [6, 6.07) is 0. The van der Waals surface area contributed by atoms with Crippen LogP contribution in [0.25, 0.3) is 0 Å². The summed E-state index contributed by atoms with van der Waals surface area (Å²) < 4.78 is 10.2. The van der Waals surface area contributed by atoms with Gasteiger partial charge in [0.2, 0.25) is 5.91 Å². The number of rotatable bonds is 13. The topological polar surface area (TPSA) is 73.6 Å². The molecule has 0 bridgehead atoms. The summed E-state index contributed by atoms with van der Waals surface area (Å²) in [6.45, 7) is 7.60. The Morgan fingerprint density at radius 2 is 1.95 bits per heavy atom. The minimum absolute atomic E-state index is 0.112. The van der Waals surface area contributed by atoms with Crippen molar-refractivity contribution in [3.63, 3.8) is 0 Å². The van der Waals surface area contributed by atoms with Crippen LogP contribution in [0.5, 0.6) is 0 Å². The Morgan fingerprint density at radius 3 is 2.55 bits per heavy atom. The van der Waals surface area contributed by atoms with Crippen molar-refractivity contribution in [3.8, 4) is 0 Å². The summed E-state index contributed by atoms with van der Waals surface area (Å²) >= 11 is 0. The van der Waals surface area contributed by atoms with Crippen LogP contribution in [0.3, 0.4) is 0 Å². The van der Waals surface area contributed by atoms with E-state index in [1.54, 1.807) is 7.11 Å². The maximum atomic E-state index is 11.8. The molecule has 0 aliphatic carbocycles. The molecule has 0 fully saturated rings. The van der Waals surface area contributed by atoms with Gasteiger partial charge < -0.3 is 20.5 Å². The number of hydrogen-bond donors (Lipinski definition) is 2. The molecule has 0 unspecified atom stereocenters. The van der Waals surface area contributed by atoms with Gasteiger partial charge in [0, 0.05) is 26.7 Å². The van der Waals surface area contributed by atoms with E-state index in [2.05, 4.69) is 19.2 Å². The molecule has 0 aliphatic rings. The van der Waals surface area contributed by atoms with Crippen molar-refractivity contribution in [1.82, 2.24) is 5.32 Å². The van der Waals surface area contributed by atoms with E-state index in [4.69, 9.17) is 15.2 Å². The molecule has 3 N–H and O–H groups in total. The van der Waals surface area contributed by atoms with Crippen LogP contribution in [-0.2, 0) is 14.3 Å². The van der Waals surface area contributed by atoms with Gasteiger partial charge in [0.25, 0.3) is 0 Å². The normalized spacial score (nSPS) is 12.7. The molecule has 0 saturated heterocycles. The maximum absolute atomic E-state index is 11.8. The summed E-state index contributed by atoms with van der Waals surface area (Å²) in [5.41, 5.74) is 5.70. The second-order valence-electron chi connectivity index (χ2n) is 5.60. The van der Waals surface area contributed by atoms with Crippen molar-refractivity contribution < 1.29 is 14.3 Å². The van der Waals surface area contributed by atoms with Gasteiger partial charge in [0.05, 0.1) is 13.2 Å². The van der Waals surface area contributed by atoms with Gasteiger partial charge in [-0.15, -0.1) is 0 Å². The Hall–Kier alpha value is -0.650. The number of nitrogens with one attached hydrogen (secondary N) is 1. The molecule has 0 aromatic carbocycles. The number of ether oxygens (including phenoxy) is 2. The van der Waals surface area contributed by atoms with Crippen molar-refractivity contribution in [2.45, 2.75) is 39.5 Å². The Labute approximate surface area is 123 Å². The molecule has 1 atom stereocenters. The third-order valence-electron chi connectivity index (χ3n) is 3.08. The average molecular weight is 288 g/mol. The standard InChI is InChI=1S/C15H32N2O3/c1-13(2)10-14(12-16)11-15(18)17-6-4-5-7-20-9-8-19-3/h13-14H,4-12,16H2,1-3H3,(H,17,18)/t14-/m0/s1. The molecule has 0 rings (SSSR count). The SMILES string of the molecule is COCCOCCCCNC(=O)C[C@@H](CN)CC(C)C. The highest BCUT2D eigenvalue weighted by Crippen LogP contribution is 2.13. The van der Waals surface area contributed by atoms with Crippen LogP contribution in [0.1, 0.15) is 39.5 Å². The van der Waals surface area contributed by atoms with E-state index in [1.165, 1.54) is 0 Å². The van der Waals surface area contributed by atoms with E-state index in [1.807, 2.05) is 0 Å². The Bertz CT molecular complexity index is 235. The van der Waals surface area contributed by atoms with Crippen molar-refractivity contribution >= 4 is 5.91 Å². The number of amides is 1. The highest BCUT2D eigenvalue weighted by Gasteiger charge is 2.13. The van der Waals surface area contributed by atoms with Gasteiger partial charge in [-0.05, 0) is 37.6 Å². The molecular weight excluding hydrogens is 256 g/mol. The van der Waals surface area contributed by atoms with Crippen LogP contribution in [0.4, 0.5) is 0 Å². The van der Waals surface area contributed by atoms with E-state index in [9.17, 15) is 4.79 Å². The smallest absolute Gasteiger partial charge is 0.220 e. The molecule has 0 radical (unpaired) electrons. The van der Waals surface area contributed by atoms with Crippen LogP contribution in [0.15, 0.2) is 0 Å². The molecule has 1 amide bonds. The maximum Gasteiger partial charge on any atom is 0.220 e. The fourth-order valence-electron chi connectivity index (χ4n) is 2.07. The highest BCUT2D eigenvalue weighted by atomic mass is 16.5. The third kappa shape index (κ3) is 12.4. The Balaban J connectivity index is 3.48. The third-order valence-corrected chi connectivity index (χ3v) is 3.08. The minimum Gasteiger partial charge on any atom is -0.382 e. The molecule has 0 heterocycles. The Morgan fingerprint density at radius 1 is 1.20 bits per heavy atom. The lowest BCUT2D eigenvalue weighted by atomic mass is 9.94. The van der Waals surface area contributed by atoms with Crippen LogP contribution in [0.2, 0.25) is 0 Å². The van der Waals surface area contributed by atoms with Gasteiger partial charge in [0.15, 0.2) is 0 Å². The van der Waals surface area contributed by atoms with E-state index >= 15 is 0 Å². The first kappa shape index (κ1) is 19.4. The molecule has 0 aromatic heterocycles. The zero-order valence-corrected chi connectivity index (χ0v) is 13.3. The number of carbonyl (C=O) groups is 1. The Kier molecular flexibility index (Phi) is 12.9. The lowest BCUT2D eigenvalue weighted by Crippen LogP contribution is -2.29. The second-order valence-corrected chi connectivity index (χ2v) is 5.60. The monoisotopic (exact) mass is 288 g/mol. The first-order valence-electron chi connectivity index (χ1n) is 7.63. The predicted octanol–water partition coefficient (Wildman–Crippen LogP) is 1.56. The van der Waals surface area contributed by atoms with Gasteiger partial charge in [0.1, 0.15) is 0 Å². The van der Waals surface area contributed by atoms with Crippen molar-refractivity contribution in [3.05, 3.63) is 0 Å². The summed E-state index contributed by atoms with van der Waals surface area (Å²) in [5, 5.41) is 2.95. The molecule has 20 heavy (non-hydrogen) atoms. The molecule has 5 heteroatoms. The summed E-state index contributed by atoms with van der Waals surface area (Å²) in [6.07, 6.45) is 3.45. The van der Waals surface area contributed by atoms with Crippen LogP contribution >= 0.6 is 0 Å². The van der Waals surface area contributed by atoms with Crippen LogP contribution < -0.4 is 11.1 Å². The summed E-state index contributed by atoms with van der Waals surface area (Å²) in [7, 11) is 1.66. The van der Waals surface area contributed by atoms with E-state index in [0.29, 0.717) is 44.6 Å². The fourth-order valence-corrected chi connectivity index (χ4v) is 2.07. The quantitative estimate of drug-likeness (QED) is 0.504. The van der Waals surface area contributed by atoms with Gasteiger partial charge in [-0.3, -0.25) is 4.79 Å². The van der Waals surface area contributed by atoms with Gasteiger partial charge >= 0.3 is 0 Å². The number of methoxy groups -OCH3 is 1. The largest absolute Gasteiger partial charge is 0.382 e.